The number of aromatic nitrogens is 5. The van der Waals surface area contributed by atoms with E-state index in [-0.39, 0.29) is 10.7 Å². The molecule has 9 nitrogen and oxygen atoms in total. The van der Waals surface area contributed by atoms with Crippen LogP contribution in [-0.2, 0) is 7.05 Å². The van der Waals surface area contributed by atoms with Crippen molar-refractivity contribution in [1.29, 1.82) is 0 Å². The Bertz CT molecular complexity index is 600. The van der Waals surface area contributed by atoms with Gasteiger partial charge in [0.2, 0.25) is 5.95 Å². The fraction of sp³-hybridized carbons (Fsp3) is 0.333. The second-order valence-electron chi connectivity index (χ2n) is 3.44. The standard InChI is InChI=1S/C9H11N7O2S/c1-3-10-8-11-4-6(16(17)18)7(14-8)19-9-12-5-13-15(9)2/h4-5H,3H2,1-2H3,(H,10,11,14). The van der Waals surface area contributed by atoms with Gasteiger partial charge in [-0.05, 0) is 18.7 Å². The van der Waals surface area contributed by atoms with Crippen LogP contribution in [0.25, 0.3) is 0 Å². The van der Waals surface area contributed by atoms with Crippen LogP contribution in [-0.4, -0.2) is 36.2 Å². The van der Waals surface area contributed by atoms with E-state index in [2.05, 4.69) is 25.4 Å². The van der Waals surface area contributed by atoms with E-state index in [1.54, 1.807) is 7.05 Å². The van der Waals surface area contributed by atoms with Gasteiger partial charge in [0, 0.05) is 13.6 Å². The molecule has 100 valence electrons. The highest BCUT2D eigenvalue weighted by atomic mass is 32.2. The van der Waals surface area contributed by atoms with Crippen molar-refractivity contribution in [2.24, 2.45) is 7.05 Å². The van der Waals surface area contributed by atoms with Crippen molar-refractivity contribution in [1.82, 2.24) is 24.7 Å². The van der Waals surface area contributed by atoms with Crippen molar-refractivity contribution < 1.29 is 4.92 Å². The average Bonchev–Trinajstić information content (AvgIpc) is 2.75. The molecule has 19 heavy (non-hydrogen) atoms. The number of anilines is 1. The molecule has 0 fully saturated rings. The van der Waals surface area contributed by atoms with Gasteiger partial charge in [-0.3, -0.25) is 10.1 Å². The van der Waals surface area contributed by atoms with E-state index in [9.17, 15) is 10.1 Å². The van der Waals surface area contributed by atoms with Crippen LogP contribution in [0.5, 0.6) is 0 Å². The summed E-state index contributed by atoms with van der Waals surface area (Å²) >= 11 is 1.07. The maximum absolute atomic E-state index is 11.0. The monoisotopic (exact) mass is 281 g/mol. The molecule has 1 N–H and O–H groups in total. The van der Waals surface area contributed by atoms with E-state index < -0.39 is 4.92 Å². The lowest BCUT2D eigenvalue weighted by Gasteiger charge is -2.04. The van der Waals surface area contributed by atoms with Gasteiger partial charge < -0.3 is 5.32 Å². The van der Waals surface area contributed by atoms with E-state index in [1.165, 1.54) is 17.2 Å². The molecule has 10 heteroatoms. The van der Waals surface area contributed by atoms with Crippen molar-refractivity contribution in [2.75, 3.05) is 11.9 Å². The predicted molar refractivity (Wildman–Crippen MR) is 68.0 cm³/mol. The SMILES string of the molecule is CCNc1ncc([N+](=O)[O-])c(Sc2ncnn2C)n1. The molecule has 0 spiro atoms. The Morgan fingerprint density at radius 1 is 1.53 bits per heavy atom. The molecule has 2 aromatic heterocycles. The lowest BCUT2D eigenvalue weighted by Crippen LogP contribution is -2.05. The molecule has 0 unspecified atom stereocenters. The first-order valence-corrected chi connectivity index (χ1v) is 6.20. The third-order valence-corrected chi connectivity index (χ3v) is 3.17. The molecule has 2 aromatic rings. The third-order valence-electron chi connectivity index (χ3n) is 2.13. The van der Waals surface area contributed by atoms with E-state index in [4.69, 9.17) is 0 Å². The number of nitrogens with zero attached hydrogens (tertiary/aromatic N) is 6. The fourth-order valence-corrected chi connectivity index (χ4v) is 2.08. The van der Waals surface area contributed by atoms with Gasteiger partial charge in [0.05, 0.1) is 4.92 Å². The van der Waals surface area contributed by atoms with Crippen LogP contribution in [0.1, 0.15) is 6.92 Å². The van der Waals surface area contributed by atoms with Crippen LogP contribution in [0.3, 0.4) is 0 Å². The summed E-state index contributed by atoms with van der Waals surface area (Å²) in [6.45, 7) is 2.52. The number of aryl methyl sites for hydroxylation is 1. The smallest absolute Gasteiger partial charge is 0.320 e. The fourth-order valence-electron chi connectivity index (χ4n) is 1.27. The molecule has 2 heterocycles. The third kappa shape index (κ3) is 2.96. The number of nitro groups is 1. The molecule has 0 aliphatic rings. The largest absolute Gasteiger partial charge is 0.354 e. The number of hydrogen-bond acceptors (Lipinski definition) is 8. The van der Waals surface area contributed by atoms with E-state index in [1.807, 2.05) is 6.92 Å². The topological polar surface area (TPSA) is 112 Å². The van der Waals surface area contributed by atoms with Crippen molar-refractivity contribution in [3.8, 4) is 0 Å². The first-order valence-electron chi connectivity index (χ1n) is 5.39. The van der Waals surface area contributed by atoms with Crippen molar-refractivity contribution in [3.05, 3.63) is 22.6 Å². The summed E-state index contributed by atoms with van der Waals surface area (Å²) in [5, 5.41) is 18.5. The maximum Gasteiger partial charge on any atom is 0.320 e. The molecule has 0 aromatic carbocycles. The van der Waals surface area contributed by atoms with Crippen molar-refractivity contribution in [2.45, 2.75) is 17.1 Å². The molecule has 0 atom stereocenters. The lowest BCUT2D eigenvalue weighted by atomic mass is 10.5. The molecular formula is C9H11N7O2S. The molecule has 0 saturated heterocycles. The molecule has 0 radical (unpaired) electrons. The van der Waals surface area contributed by atoms with Gasteiger partial charge in [-0.15, -0.1) is 0 Å². The Morgan fingerprint density at radius 3 is 2.89 bits per heavy atom. The Labute approximate surface area is 112 Å². The van der Waals surface area contributed by atoms with Gasteiger partial charge >= 0.3 is 5.69 Å². The predicted octanol–water partition coefficient (Wildman–Crippen LogP) is 1.10. The molecule has 0 amide bonds. The summed E-state index contributed by atoms with van der Waals surface area (Å²) in [6.07, 6.45) is 2.56. The summed E-state index contributed by atoms with van der Waals surface area (Å²) in [7, 11) is 1.70. The minimum atomic E-state index is -0.519. The highest BCUT2D eigenvalue weighted by Gasteiger charge is 2.20. The van der Waals surface area contributed by atoms with E-state index in [0.717, 1.165) is 11.8 Å². The van der Waals surface area contributed by atoms with Gasteiger partial charge in [-0.25, -0.2) is 14.6 Å². The molecule has 0 saturated carbocycles. The molecule has 2 rings (SSSR count). The second-order valence-corrected chi connectivity index (χ2v) is 4.40. The van der Waals surface area contributed by atoms with Gasteiger partial charge in [-0.1, -0.05) is 0 Å². The van der Waals surface area contributed by atoms with E-state index >= 15 is 0 Å². The minimum absolute atomic E-state index is 0.158. The zero-order valence-corrected chi connectivity index (χ0v) is 11.1. The van der Waals surface area contributed by atoms with Crippen molar-refractivity contribution in [3.63, 3.8) is 0 Å². The Morgan fingerprint density at radius 2 is 2.32 bits per heavy atom. The van der Waals surface area contributed by atoms with Crippen molar-refractivity contribution >= 4 is 23.4 Å². The highest BCUT2D eigenvalue weighted by molar-refractivity contribution is 7.99. The van der Waals surface area contributed by atoms with Crippen LogP contribution in [0.15, 0.2) is 22.7 Å². The summed E-state index contributed by atoms with van der Waals surface area (Å²) < 4.78 is 1.52. The summed E-state index contributed by atoms with van der Waals surface area (Å²) in [6, 6.07) is 0. The maximum atomic E-state index is 11.0. The molecule has 0 bridgehead atoms. The van der Waals surface area contributed by atoms with Crippen LogP contribution in [0, 0.1) is 10.1 Å². The zero-order valence-electron chi connectivity index (χ0n) is 10.3. The lowest BCUT2D eigenvalue weighted by molar-refractivity contribution is -0.388. The quantitative estimate of drug-likeness (QED) is 0.492. The average molecular weight is 281 g/mol. The van der Waals surface area contributed by atoms with Gasteiger partial charge in [0.1, 0.15) is 12.5 Å². The molecular weight excluding hydrogens is 270 g/mol. The summed E-state index contributed by atoms with van der Waals surface area (Å²) in [4.78, 5) is 22.4. The van der Waals surface area contributed by atoms with Crippen LogP contribution < -0.4 is 5.32 Å². The Hall–Kier alpha value is -2.23. The first-order chi connectivity index (χ1) is 9.11. The number of rotatable bonds is 5. The van der Waals surface area contributed by atoms with Gasteiger partial charge in [0.15, 0.2) is 10.2 Å². The Kier molecular flexibility index (Phi) is 3.90. The minimum Gasteiger partial charge on any atom is -0.354 e. The first kappa shape index (κ1) is 13.2. The Balaban J connectivity index is 2.37. The zero-order chi connectivity index (χ0) is 13.8. The number of nitrogens with one attached hydrogen (secondary N) is 1. The summed E-state index contributed by atoms with van der Waals surface area (Å²) in [5.74, 6) is 0.345. The second kappa shape index (κ2) is 5.61. The highest BCUT2D eigenvalue weighted by Crippen LogP contribution is 2.31. The molecule has 0 aliphatic heterocycles. The van der Waals surface area contributed by atoms with Crippen LogP contribution in [0.2, 0.25) is 0 Å². The number of hydrogen-bond donors (Lipinski definition) is 1. The van der Waals surface area contributed by atoms with Gasteiger partial charge in [0.25, 0.3) is 0 Å². The molecule has 0 aliphatic carbocycles. The van der Waals surface area contributed by atoms with Crippen LogP contribution >= 0.6 is 11.8 Å². The van der Waals surface area contributed by atoms with E-state index in [0.29, 0.717) is 17.6 Å². The normalized spacial score (nSPS) is 10.4. The summed E-state index contributed by atoms with van der Waals surface area (Å²) in [5.41, 5.74) is -0.158. The van der Waals surface area contributed by atoms with Gasteiger partial charge in [-0.2, -0.15) is 10.1 Å². The van der Waals surface area contributed by atoms with Crippen LogP contribution in [0.4, 0.5) is 11.6 Å².